The minimum Gasteiger partial charge on any atom is -0.328 e. The smallest absolute Gasteiger partial charge is 0.270 e. The molecule has 0 spiro atoms. The number of amides is 1. The SMILES string of the molecule is O=C(c1ccc([N+](=O)[O-])cc1Cl)N(Cc1ccsc1)Cc1ccccn1. The van der Waals surface area contributed by atoms with Gasteiger partial charge in [-0.3, -0.25) is 19.9 Å². The van der Waals surface area contributed by atoms with Gasteiger partial charge in [0.15, 0.2) is 0 Å². The van der Waals surface area contributed by atoms with E-state index in [0.717, 1.165) is 11.3 Å². The number of hydrogen-bond acceptors (Lipinski definition) is 5. The Bertz CT molecular complexity index is 917. The van der Waals surface area contributed by atoms with E-state index in [1.807, 2.05) is 35.0 Å². The Balaban J connectivity index is 1.90. The molecule has 0 fully saturated rings. The Morgan fingerprint density at radius 1 is 1.23 bits per heavy atom. The number of non-ortho nitro benzene ring substituents is 1. The standard InChI is InChI=1S/C18H14ClN3O3S/c19-17-9-15(22(24)25)4-5-16(17)18(23)21(10-13-6-8-26-12-13)11-14-3-1-2-7-20-14/h1-9,12H,10-11H2. The molecule has 0 unspecified atom stereocenters. The maximum absolute atomic E-state index is 13.0. The zero-order chi connectivity index (χ0) is 18.5. The van der Waals surface area contributed by atoms with Crippen LogP contribution in [0, 0.1) is 10.1 Å². The largest absolute Gasteiger partial charge is 0.328 e. The number of thiophene rings is 1. The maximum Gasteiger partial charge on any atom is 0.270 e. The monoisotopic (exact) mass is 387 g/mol. The molecule has 0 saturated carbocycles. The topological polar surface area (TPSA) is 76.3 Å². The molecule has 0 atom stereocenters. The number of nitrogens with zero attached hydrogens (tertiary/aromatic N) is 3. The van der Waals surface area contributed by atoms with Crippen molar-refractivity contribution in [1.29, 1.82) is 0 Å². The van der Waals surface area contributed by atoms with Crippen LogP contribution in [0.5, 0.6) is 0 Å². The fraction of sp³-hybridized carbons (Fsp3) is 0.111. The van der Waals surface area contributed by atoms with Crippen LogP contribution in [0.2, 0.25) is 5.02 Å². The van der Waals surface area contributed by atoms with Gasteiger partial charge in [0, 0.05) is 24.9 Å². The molecule has 0 N–H and O–H groups in total. The lowest BCUT2D eigenvalue weighted by Crippen LogP contribution is -2.30. The van der Waals surface area contributed by atoms with Gasteiger partial charge >= 0.3 is 0 Å². The van der Waals surface area contributed by atoms with Crippen molar-refractivity contribution in [3.63, 3.8) is 0 Å². The number of nitro benzene ring substituents is 1. The van der Waals surface area contributed by atoms with Crippen molar-refractivity contribution in [3.8, 4) is 0 Å². The number of aromatic nitrogens is 1. The third-order valence-electron chi connectivity index (χ3n) is 3.71. The van der Waals surface area contributed by atoms with Gasteiger partial charge < -0.3 is 4.90 Å². The van der Waals surface area contributed by atoms with Gasteiger partial charge in [-0.25, -0.2) is 0 Å². The van der Waals surface area contributed by atoms with Crippen molar-refractivity contribution >= 4 is 34.5 Å². The first-order valence-electron chi connectivity index (χ1n) is 7.69. The van der Waals surface area contributed by atoms with E-state index >= 15 is 0 Å². The molecule has 3 rings (SSSR count). The summed E-state index contributed by atoms with van der Waals surface area (Å²) in [6, 6.07) is 11.3. The van der Waals surface area contributed by atoms with Crippen LogP contribution in [0.3, 0.4) is 0 Å². The minimum atomic E-state index is -0.544. The molecule has 2 aromatic heterocycles. The Hall–Kier alpha value is -2.77. The summed E-state index contributed by atoms with van der Waals surface area (Å²) in [7, 11) is 0. The van der Waals surface area contributed by atoms with E-state index in [9.17, 15) is 14.9 Å². The van der Waals surface area contributed by atoms with E-state index in [4.69, 9.17) is 11.6 Å². The zero-order valence-electron chi connectivity index (χ0n) is 13.5. The van der Waals surface area contributed by atoms with Crippen molar-refractivity contribution in [2.45, 2.75) is 13.1 Å². The molecule has 26 heavy (non-hydrogen) atoms. The van der Waals surface area contributed by atoms with Crippen LogP contribution in [0.4, 0.5) is 5.69 Å². The lowest BCUT2D eigenvalue weighted by molar-refractivity contribution is -0.384. The predicted molar refractivity (Wildman–Crippen MR) is 100 cm³/mol. The summed E-state index contributed by atoms with van der Waals surface area (Å²) < 4.78 is 0. The van der Waals surface area contributed by atoms with Crippen LogP contribution in [0.25, 0.3) is 0 Å². The van der Waals surface area contributed by atoms with E-state index in [1.165, 1.54) is 18.2 Å². The second-order valence-corrected chi connectivity index (χ2v) is 6.72. The molecule has 0 saturated heterocycles. The predicted octanol–water partition coefficient (Wildman–Crippen LogP) is 4.55. The highest BCUT2D eigenvalue weighted by atomic mass is 35.5. The van der Waals surface area contributed by atoms with Crippen LogP contribution in [-0.2, 0) is 13.1 Å². The number of pyridine rings is 1. The van der Waals surface area contributed by atoms with Gasteiger partial charge in [-0.1, -0.05) is 17.7 Å². The van der Waals surface area contributed by atoms with Crippen LogP contribution in [0.1, 0.15) is 21.6 Å². The molecule has 1 amide bonds. The molecule has 132 valence electrons. The lowest BCUT2D eigenvalue weighted by atomic mass is 10.1. The van der Waals surface area contributed by atoms with Gasteiger partial charge in [0.25, 0.3) is 11.6 Å². The van der Waals surface area contributed by atoms with Crippen LogP contribution < -0.4 is 0 Å². The molecule has 1 aromatic carbocycles. The highest BCUT2D eigenvalue weighted by molar-refractivity contribution is 7.07. The van der Waals surface area contributed by atoms with Gasteiger partial charge in [0.2, 0.25) is 0 Å². The fourth-order valence-corrected chi connectivity index (χ4v) is 3.37. The highest BCUT2D eigenvalue weighted by Crippen LogP contribution is 2.25. The second-order valence-electron chi connectivity index (χ2n) is 5.54. The van der Waals surface area contributed by atoms with Crippen molar-refractivity contribution in [2.24, 2.45) is 0 Å². The quantitative estimate of drug-likeness (QED) is 0.459. The Labute approximate surface area is 158 Å². The summed E-state index contributed by atoms with van der Waals surface area (Å²) in [5.74, 6) is -0.304. The molecular weight excluding hydrogens is 374 g/mol. The van der Waals surface area contributed by atoms with Crippen molar-refractivity contribution in [3.05, 3.63) is 91.4 Å². The molecule has 3 aromatic rings. The number of halogens is 1. The number of carbonyl (C=O) groups excluding carboxylic acids is 1. The second kappa shape index (κ2) is 8.07. The van der Waals surface area contributed by atoms with E-state index in [0.29, 0.717) is 13.1 Å². The van der Waals surface area contributed by atoms with E-state index < -0.39 is 4.92 Å². The van der Waals surface area contributed by atoms with Gasteiger partial charge in [-0.05, 0) is 40.6 Å². The Morgan fingerprint density at radius 2 is 2.08 bits per heavy atom. The Kier molecular flexibility index (Phi) is 5.60. The first-order valence-corrected chi connectivity index (χ1v) is 9.01. The molecule has 0 aliphatic rings. The molecule has 0 bridgehead atoms. The third-order valence-corrected chi connectivity index (χ3v) is 4.76. The minimum absolute atomic E-state index is 0.0561. The molecule has 2 heterocycles. The lowest BCUT2D eigenvalue weighted by Gasteiger charge is -2.22. The van der Waals surface area contributed by atoms with Crippen LogP contribution in [-0.4, -0.2) is 20.7 Å². The average Bonchev–Trinajstić information content (AvgIpc) is 3.14. The third kappa shape index (κ3) is 4.25. The summed E-state index contributed by atoms with van der Waals surface area (Å²) in [6.07, 6.45) is 1.67. The van der Waals surface area contributed by atoms with E-state index in [1.54, 1.807) is 22.4 Å². The number of rotatable bonds is 6. The zero-order valence-corrected chi connectivity index (χ0v) is 15.1. The first kappa shape index (κ1) is 18.0. The molecule has 0 aliphatic heterocycles. The van der Waals surface area contributed by atoms with Gasteiger partial charge in [-0.15, -0.1) is 0 Å². The molecule has 0 radical (unpaired) electrons. The number of hydrogen-bond donors (Lipinski definition) is 0. The summed E-state index contributed by atoms with van der Waals surface area (Å²) in [4.78, 5) is 29.2. The fourth-order valence-electron chi connectivity index (χ4n) is 2.45. The molecular formula is C18H14ClN3O3S. The number of nitro groups is 1. The van der Waals surface area contributed by atoms with E-state index in [-0.39, 0.29) is 22.2 Å². The molecule has 0 aliphatic carbocycles. The van der Waals surface area contributed by atoms with Crippen molar-refractivity contribution < 1.29 is 9.72 Å². The van der Waals surface area contributed by atoms with E-state index in [2.05, 4.69) is 4.98 Å². The molecule has 8 heteroatoms. The maximum atomic E-state index is 13.0. The number of carbonyl (C=O) groups is 1. The summed E-state index contributed by atoms with van der Waals surface area (Å²) in [5, 5.41) is 14.8. The van der Waals surface area contributed by atoms with Crippen LogP contribution in [0.15, 0.2) is 59.4 Å². The van der Waals surface area contributed by atoms with Crippen LogP contribution >= 0.6 is 22.9 Å². The Morgan fingerprint density at radius 3 is 2.69 bits per heavy atom. The van der Waals surface area contributed by atoms with Crippen molar-refractivity contribution in [2.75, 3.05) is 0 Å². The van der Waals surface area contributed by atoms with Gasteiger partial charge in [0.05, 0.1) is 27.7 Å². The van der Waals surface area contributed by atoms with Crippen molar-refractivity contribution in [1.82, 2.24) is 9.88 Å². The average molecular weight is 388 g/mol. The summed E-state index contributed by atoms with van der Waals surface area (Å²) >= 11 is 7.68. The summed E-state index contributed by atoms with van der Waals surface area (Å²) in [5.41, 5.74) is 1.82. The summed E-state index contributed by atoms with van der Waals surface area (Å²) in [6.45, 7) is 0.703. The number of benzene rings is 1. The molecule has 6 nitrogen and oxygen atoms in total. The normalized spacial score (nSPS) is 10.5. The first-order chi connectivity index (χ1) is 12.5. The van der Waals surface area contributed by atoms with Gasteiger partial charge in [-0.2, -0.15) is 11.3 Å². The highest BCUT2D eigenvalue weighted by Gasteiger charge is 2.21. The van der Waals surface area contributed by atoms with Gasteiger partial charge in [0.1, 0.15) is 0 Å².